The van der Waals surface area contributed by atoms with Crippen molar-refractivity contribution in [2.24, 2.45) is 0 Å². The second-order valence-electron chi connectivity index (χ2n) is 6.41. The quantitative estimate of drug-likeness (QED) is 0.879. The highest BCUT2D eigenvalue weighted by Crippen LogP contribution is 2.29. The van der Waals surface area contributed by atoms with Gasteiger partial charge in [0.05, 0.1) is 6.10 Å². The summed E-state index contributed by atoms with van der Waals surface area (Å²) in [5, 5.41) is 13.2. The predicted molar refractivity (Wildman–Crippen MR) is 78.1 cm³/mol. The molecule has 1 aliphatic rings. The van der Waals surface area contributed by atoms with Crippen LogP contribution in [0.3, 0.4) is 0 Å². The standard InChI is InChI=1S/C15H25NOS/c1-15(2,3)14-8-7-13(18-14)10-16-11-5-4-6-12(17)9-11/h7-8,11-12,16-17H,4-6,9-10H2,1-3H3. The van der Waals surface area contributed by atoms with E-state index in [0.717, 1.165) is 25.8 Å². The van der Waals surface area contributed by atoms with Crippen LogP contribution in [0.2, 0.25) is 0 Å². The molecule has 0 aliphatic heterocycles. The number of aliphatic hydroxyl groups excluding tert-OH is 1. The van der Waals surface area contributed by atoms with Gasteiger partial charge in [0, 0.05) is 22.3 Å². The normalized spacial score (nSPS) is 25.3. The number of thiophene rings is 1. The minimum atomic E-state index is -0.0929. The maximum absolute atomic E-state index is 9.65. The van der Waals surface area contributed by atoms with E-state index in [-0.39, 0.29) is 11.5 Å². The van der Waals surface area contributed by atoms with Gasteiger partial charge in [-0.05, 0) is 43.2 Å². The van der Waals surface area contributed by atoms with E-state index in [9.17, 15) is 5.11 Å². The largest absolute Gasteiger partial charge is 0.393 e. The predicted octanol–water partition coefficient (Wildman–Crippen LogP) is 3.44. The van der Waals surface area contributed by atoms with E-state index in [1.54, 1.807) is 0 Å². The average molecular weight is 267 g/mol. The van der Waals surface area contributed by atoms with Crippen molar-refractivity contribution < 1.29 is 5.11 Å². The van der Waals surface area contributed by atoms with Crippen LogP contribution >= 0.6 is 11.3 Å². The highest BCUT2D eigenvalue weighted by Gasteiger charge is 2.20. The van der Waals surface area contributed by atoms with Gasteiger partial charge in [0.2, 0.25) is 0 Å². The lowest BCUT2D eigenvalue weighted by molar-refractivity contribution is 0.111. The molecule has 0 aromatic carbocycles. The van der Waals surface area contributed by atoms with Crippen LogP contribution in [-0.2, 0) is 12.0 Å². The Balaban J connectivity index is 1.85. The minimum absolute atomic E-state index is 0.0929. The van der Waals surface area contributed by atoms with Crippen molar-refractivity contribution in [2.75, 3.05) is 0 Å². The smallest absolute Gasteiger partial charge is 0.0555 e. The second kappa shape index (κ2) is 5.72. The first-order valence-electron chi connectivity index (χ1n) is 6.96. The topological polar surface area (TPSA) is 32.3 Å². The zero-order valence-corrected chi connectivity index (χ0v) is 12.5. The third kappa shape index (κ3) is 3.81. The molecule has 1 fully saturated rings. The fourth-order valence-electron chi connectivity index (χ4n) is 2.47. The van der Waals surface area contributed by atoms with Crippen LogP contribution in [0.25, 0.3) is 0 Å². The maximum atomic E-state index is 9.65. The first-order chi connectivity index (χ1) is 8.45. The lowest BCUT2D eigenvalue weighted by atomic mass is 9.93. The number of hydrogen-bond donors (Lipinski definition) is 2. The third-order valence-electron chi connectivity index (χ3n) is 3.61. The molecule has 0 spiro atoms. The van der Waals surface area contributed by atoms with Gasteiger partial charge in [-0.3, -0.25) is 0 Å². The summed E-state index contributed by atoms with van der Waals surface area (Å²) in [5.74, 6) is 0. The van der Waals surface area contributed by atoms with E-state index >= 15 is 0 Å². The molecule has 2 rings (SSSR count). The molecule has 1 aromatic rings. The van der Waals surface area contributed by atoms with Crippen molar-refractivity contribution in [1.82, 2.24) is 5.32 Å². The van der Waals surface area contributed by atoms with E-state index in [4.69, 9.17) is 0 Å². The molecule has 18 heavy (non-hydrogen) atoms. The highest BCUT2D eigenvalue weighted by molar-refractivity contribution is 7.12. The Morgan fingerprint density at radius 1 is 1.33 bits per heavy atom. The zero-order chi connectivity index (χ0) is 13.2. The summed E-state index contributed by atoms with van der Waals surface area (Å²) in [6.45, 7) is 7.72. The van der Waals surface area contributed by atoms with Crippen LogP contribution in [0, 0.1) is 0 Å². The van der Waals surface area contributed by atoms with Crippen molar-refractivity contribution in [2.45, 2.75) is 70.6 Å². The van der Waals surface area contributed by atoms with Gasteiger partial charge < -0.3 is 10.4 Å². The summed E-state index contributed by atoms with van der Waals surface area (Å²) in [4.78, 5) is 2.85. The SMILES string of the molecule is CC(C)(C)c1ccc(CNC2CCCC(O)C2)s1. The van der Waals surface area contributed by atoms with Crippen molar-refractivity contribution in [3.63, 3.8) is 0 Å². The van der Waals surface area contributed by atoms with E-state index in [2.05, 4.69) is 38.2 Å². The third-order valence-corrected chi connectivity index (χ3v) is 5.12. The highest BCUT2D eigenvalue weighted by atomic mass is 32.1. The number of hydrogen-bond acceptors (Lipinski definition) is 3. The van der Waals surface area contributed by atoms with Gasteiger partial charge in [-0.25, -0.2) is 0 Å². The Hall–Kier alpha value is -0.380. The molecule has 2 atom stereocenters. The molecule has 0 radical (unpaired) electrons. The van der Waals surface area contributed by atoms with Gasteiger partial charge in [0.25, 0.3) is 0 Å². The molecule has 0 saturated heterocycles. The minimum Gasteiger partial charge on any atom is -0.393 e. The lowest BCUT2D eigenvalue weighted by Crippen LogP contribution is -2.35. The molecule has 2 nitrogen and oxygen atoms in total. The molecule has 102 valence electrons. The summed E-state index contributed by atoms with van der Waals surface area (Å²) >= 11 is 1.90. The van der Waals surface area contributed by atoms with E-state index in [1.807, 2.05) is 11.3 Å². The average Bonchev–Trinajstić information content (AvgIpc) is 2.74. The Labute approximate surface area is 114 Å². The Kier molecular flexibility index (Phi) is 4.46. The molecule has 0 bridgehead atoms. The molecule has 3 heteroatoms. The van der Waals surface area contributed by atoms with Crippen LogP contribution in [0.1, 0.15) is 56.2 Å². The molecule has 1 aromatic heterocycles. The fraction of sp³-hybridized carbons (Fsp3) is 0.733. The summed E-state index contributed by atoms with van der Waals surface area (Å²) in [5.41, 5.74) is 0.254. The van der Waals surface area contributed by atoms with Crippen LogP contribution in [-0.4, -0.2) is 17.3 Å². The van der Waals surface area contributed by atoms with E-state index in [1.165, 1.54) is 16.2 Å². The number of rotatable bonds is 3. The lowest BCUT2D eigenvalue weighted by Gasteiger charge is -2.26. The maximum Gasteiger partial charge on any atom is 0.0555 e. The monoisotopic (exact) mass is 267 g/mol. The molecular formula is C15H25NOS. The van der Waals surface area contributed by atoms with Crippen LogP contribution in [0.5, 0.6) is 0 Å². The van der Waals surface area contributed by atoms with E-state index < -0.39 is 0 Å². The van der Waals surface area contributed by atoms with Crippen molar-refractivity contribution in [3.05, 3.63) is 21.9 Å². The summed E-state index contributed by atoms with van der Waals surface area (Å²) in [6, 6.07) is 4.98. The van der Waals surface area contributed by atoms with Gasteiger partial charge >= 0.3 is 0 Å². The molecule has 1 aliphatic carbocycles. The van der Waals surface area contributed by atoms with Crippen LogP contribution < -0.4 is 5.32 Å². The summed E-state index contributed by atoms with van der Waals surface area (Å²) in [6.07, 6.45) is 4.15. The Bertz CT molecular complexity index is 380. The van der Waals surface area contributed by atoms with Gasteiger partial charge in [0.1, 0.15) is 0 Å². The first-order valence-corrected chi connectivity index (χ1v) is 7.77. The molecule has 1 heterocycles. The summed E-state index contributed by atoms with van der Waals surface area (Å²) < 4.78 is 0. The van der Waals surface area contributed by atoms with Gasteiger partial charge in [0.15, 0.2) is 0 Å². The second-order valence-corrected chi connectivity index (χ2v) is 7.58. The molecule has 2 N–H and O–H groups in total. The number of aliphatic hydroxyl groups is 1. The van der Waals surface area contributed by atoms with Crippen molar-refractivity contribution in [1.29, 1.82) is 0 Å². The molecular weight excluding hydrogens is 242 g/mol. The zero-order valence-electron chi connectivity index (χ0n) is 11.7. The van der Waals surface area contributed by atoms with Gasteiger partial charge in [-0.2, -0.15) is 0 Å². The number of nitrogens with one attached hydrogen (secondary N) is 1. The first kappa shape index (κ1) is 14.0. The van der Waals surface area contributed by atoms with Gasteiger partial charge in [-0.1, -0.05) is 20.8 Å². The van der Waals surface area contributed by atoms with E-state index in [0.29, 0.717) is 6.04 Å². The Morgan fingerprint density at radius 3 is 2.72 bits per heavy atom. The molecule has 1 saturated carbocycles. The van der Waals surface area contributed by atoms with Crippen molar-refractivity contribution >= 4 is 11.3 Å². The van der Waals surface area contributed by atoms with Crippen LogP contribution in [0.15, 0.2) is 12.1 Å². The Morgan fingerprint density at radius 2 is 2.11 bits per heavy atom. The summed E-state index contributed by atoms with van der Waals surface area (Å²) in [7, 11) is 0. The van der Waals surface area contributed by atoms with Crippen LogP contribution in [0.4, 0.5) is 0 Å². The van der Waals surface area contributed by atoms with Crippen molar-refractivity contribution in [3.8, 4) is 0 Å². The fourth-order valence-corrected chi connectivity index (χ4v) is 3.49. The molecule has 0 amide bonds. The molecule has 2 unspecified atom stereocenters. The van der Waals surface area contributed by atoms with Gasteiger partial charge in [-0.15, -0.1) is 11.3 Å².